The second-order valence-corrected chi connectivity index (χ2v) is 8.26. The summed E-state index contributed by atoms with van der Waals surface area (Å²) >= 11 is 0. The Hall–Kier alpha value is -2.42. The van der Waals surface area contributed by atoms with Crippen molar-refractivity contribution in [3.05, 3.63) is 42.4 Å². The van der Waals surface area contributed by atoms with Crippen LogP contribution in [0.2, 0.25) is 0 Å². The van der Waals surface area contributed by atoms with Gasteiger partial charge in [-0.05, 0) is 31.2 Å². The van der Waals surface area contributed by atoms with Crippen molar-refractivity contribution in [3.8, 4) is 5.75 Å². The van der Waals surface area contributed by atoms with E-state index >= 15 is 0 Å². The predicted molar refractivity (Wildman–Crippen MR) is 118 cm³/mol. The third kappa shape index (κ3) is 5.81. The molecule has 2 N–H and O–H groups in total. The first-order chi connectivity index (χ1) is 14.4. The lowest BCUT2D eigenvalue weighted by Gasteiger charge is -2.30. The van der Waals surface area contributed by atoms with Crippen LogP contribution in [0.3, 0.4) is 0 Å². The second-order valence-electron chi connectivity index (χ2n) is 8.26. The van der Waals surface area contributed by atoms with Crippen LogP contribution in [0.1, 0.15) is 18.4 Å². The first kappa shape index (κ1) is 22.3. The molecule has 0 saturated carbocycles. The summed E-state index contributed by atoms with van der Waals surface area (Å²) in [5.41, 5.74) is 1.34. The van der Waals surface area contributed by atoms with Crippen LogP contribution in [-0.2, 0) is 6.54 Å². The summed E-state index contributed by atoms with van der Waals surface area (Å²) in [5.74, 6) is 1.67. The molecular formula is C22H33N5O3. The second kappa shape index (κ2) is 10.1. The van der Waals surface area contributed by atoms with Gasteiger partial charge in [0.1, 0.15) is 12.1 Å². The van der Waals surface area contributed by atoms with Crippen LogP contribution >= 0.6 is 0 Å². The first-order valence-corrected chi connectivity index (χ1v) is 10.4. The summed E-state index contributed by atoms with van der Waals surface area (Å²) in [6, 6.07) is 7.98. The molecule has 1 aromatic heterocycles. The molecule has 2 heterocycles. The largest absolute Gasteiger partial charge is 0.494 e. The number of aliphatic hydroxyl groups excluding tert-OH is 1. The van der Waals surface area contributed by atoms with E-state index in [1.165, 1.54) is 0 Å². The highest BCUT2D eigenvalue weighted by Crippen LogP contribution is 2.32. The summed E-state index contributed by atoms with van der Waals surface area (Å²) in [4.78, 5) is 14.8. The highest BCUT2D eigenvalue weighted by atomic mass is 16.5. The third-order valence-electron chi connectivity index (χ3n) is 5.28. The van der Waals surface area contributed by atoms with Crippen molar-refractivity contribution in [2.75, 3.05) is 63.8 Å². The minimum Gasteiger partial charge on any atom is -0.494 e. The summed E-state index contributed by atoms with van der Waals surface area (Å²) < 4.78 is 5.58. The minimum atomic E-state index is -0.776. The van der Waals surface area contributed by atoms with Crippen molar-refractivity contribution in [1.82, 2.24) is 14.9 Å². The molecule has 3 rings (SSSR count). The molecule has 30 heavy (non-hydrogen) atoms. The zero-order chi connectivity index (χ0) is 21.6. The number of aliphatic hydroxyl groups is 2. The standard InChI is InChI=1S/C22H33N5O3/c1-25(2)21-20(13-23-17-24-21)27-10-9-22(29,16-27)15-26(3)14-18-5-7-19(8-6-18)30-12-4-11-28/h5-8,13,17,28-29H,4,9-12,14-16H2,1-3H3/t22-/m1/s1. The molecule has 1 saturated heterocycles. The Morgan fingerprint density at radius 3 is 2.67 bits per heavy atom. The van der Waals surface area contributed by atoms with Crippen molar-refractivity contribution >= 4 is 11.5 Å². The van der Waals surface area contributed by atoms with Crippen molar-refractivity contribution < 1.29 is 14.9 Å². The molecule has 0 unspecified atom stereocenters. The van der Waals surface area contributed by atoms with Gasteiger partial charge in [0.05, 0.1) is 24.1 Å². The van der Waals surface area contributed by atoms with Gasteiger partial charge in [0.25, 0.3) is 0 Å². The lowest BCUT2D eigenvalue weighted by atomic mass is 10.0. The monoisotopic (exact) mass is 415 g/mol. The van der Waals surface area contributed by atoms with E-state index in [0.29, 0.717) is 32.5 Å². The first-order valence-electron chi connectivity index (χ1n) is 10.4. The zero-order valence-electron chi connectivity index (χ0n) is 18.2. The number of hydrogen-bond donors (Lipinski definition) is 2. The smallest absolute Gasteiger partial charge is 0.155 e. The van der Waals surface area contributed by atoms with Crippen LogP contribution in [0.25, 0.3) is 0 Å². The number of hydrogen-bond acceptors (Lipinski definition) is 8. The lowest BCUT2D eigenvalue weighted by Crippen LogP contribution is -2.43. The zero-order valence-corrected chi connectivity index (χ0v) is 18.2. The van der Waals surface area contributed by atoms with Gasteiger partial charge < -0.3 is 24.7 Å². The minimum absolute atomic E-state index is 0.136. The molecule has 1 aliphatic rings. The number of nitrogens with zero attached hydrogens (tertiary/aromatic N) is 5. The van der Waals surface area contributed by atoms with Gasteiger partial charge in [-0.15, -0.1) is 0 Å². The number of likely N-dealkylation sites (N-methyl/N-ethyl adjacent to an activating group) is 1. The SMILES string of the molecule is CN(Cc1ccc(OCCCO)cc1)C[C@]1(O)CCN(c2cncnc2N(C)C)C1. The summed E-state index contributed by atoms with van der Waals surface area (Å²) in [6.45, 7) is 3.32. The van der Waals surface area contributed by atoms with E-state index in [2.05, 4.69) is 19.8 Å². The number of rotatable bonds is 10. The number of anilines is 2. The Morgan fingerprint density at radius 1 is 1.20 bits per heavy atom. The molecule has 0 amide bonds. The summed E-state index contributed by atoms with van der Waals surface area (Å²) in [5, 5.41) is 20.0. The van der Waals surface area contributed by atoms with Crippen LogP contribution < -0.4 is 14.5 Å². The maximum absolute atomic E-state index is 11.2. The summed E-state index contributed by atoms with van der Waals surface area (Å²) in [6.07, 6.45) is 4.71. The normalized spacial score (nSPS) is 18.8. The van der Waals surface area contributed by atoms with Gasteiger partial charge >= 0.3 is 0 Å². The average Bonchev–Trinajstić information content (AvgIpc) is 3.10. The van der Waals surface area contributed by atoms with Crippen molar-refractivity contribution in [1.29, 1.82) is 0 Å². The third-order valence-corrected chi connectivity index (χ3v) is 5.28. The van der Waals surface area contributed by atoms with Gasteiger partial charge in [0.2, 0.25) is 0 Å². The Kier molecular flexibility index (Phi) is 7.47. The Morgan fingerprint density at radius 2 is 1.97 bits per heavy atom. The van der Waals surface area contributed by atoms with Crippen molar-refractivity contribution in [2.45, 2.75) is 25.0 Å². The molecule has 0 aliphatic carbocycles. The van der Waals surface area contributed by atoms with Crippen LogP contribution in [0.4, 0.5) is 11.5 Å². The molecule has 8 nitrogen and oxygen atoms in total. The van der Waals surface area contributed by atoms with Gasteiger partial charge in [-0.2, -0.15) is 0 Å². The molecule has 1 fully saturated rings. The molecule has 0 spiro atoms. The molecule has 164 valence electrons. The van der Waals surface area contributed by atoms with Gasteiger partial charge in [0.15, 0.2) is 5.82 Å². The molecule has 8 heteroatoms. The number of ether oxygens (including phenoxy) is 1. The lowest BCUT2D eigenvalue weighted by molar-refractivity contribution is 0.0279. The fraction of sp³-hybridized carbons (Fsp3) is 0.545. The van der Waals surface area contributed by atoms with E-state index in [1.807, 2.05) is 56.5 Å². The Balaban J connectivity index is 1.55. The maximum Gasteiger partial charge on any atom is 0.155 e. The number of β-amino-alcohol motifs (C(OH)–C–C–N with tert-alkyl or cyclic N) is 1. The molecule has 1 atom stereocenters. The maximum atomic E-state index is 11.2. The van der Waals surface area contributed by atoms with Gasteiger partial charge in [-0.3, -0.25) is 4.90 Å². The highest BCUT2D eigenvalue weighted by molar-refractivity contribution is 5.66. The Bertz CT molecular complexity index is 802. The van der Waals surface area contributed by atoms with Crippen LogP contribution in [0.15, 0.2) is 36.8 Å². The summed E-state index contributed by atoms with van der Waals surface area (Å²) in [7, 11) is 5.96. The fourth-order valence-electron chi connectivity index (χ4n) is 3.89. The van der Waals surface area contributed by atoms with E-state index in [4.69, 9.17) is 9.84 Å². The van der Waals surface area contributed by atoms with E-state index in [-0.39, 0.29) is 6.61 Å². The van der Waals surface area contributed by atoms with E-state index in [1.54, 1.807) is 6.33 Å². The van der Waals surface area contributed by atoms with E-state index in [9.17, 15) is 5.11 Å². The Labute approximate surface area is 178 Å². The molecule has 1 aromatic carbocycles. The van der Waals surface area contributed by atoms with Crippen molar-refractivity contribution in [2.24, 2.45) is 0 Å². The average molecular weight is 416 g/mol. The predicted octanol–water partition coefficient (Wildman–Crippen LogP) is 1.38. The molecular weight excluding hydrogens is 382 g/mol. The quantitative estimate of drug-likeness (QED) is 0.563. The van der Waals surface area contributed by atoms with Gasteiger partial charge in [0, 0.05) is 53.3 Å². The highest BCUT2D eigenvalue weighted by Gasteiger charge is 2.38. The van der Waals surface area contributed by atoms with Crippen LogP contribution in [0.5, 0.6) is 5.75 Å². The van der Waals surface area contributed by atoms with E-state index in [0.717, 1.165) is 35.9 Å². The topological polar surface area (TPSA) is 85.2 Å². The molecule has 2 aromatic rings. The van der Waals surface area contributed by atoms with Crippen LogP contribution in [0, 0.1) is 0 Å². The molecule has 0 radical (unpaired) electrons. The van der Waals surface area contributed by atoms with Crippen molar-refractivity contribution in [3.63, 3.8) is 0 Å². The van der Waals surface area contributed by atoms with E-state index < -0.39 is 5.60 Å². The number of aromatic nitrogens is 2. The molecule has 0 bridgehead atoms. The van der Waals surface area contributed by atoms with Crippen LogP contribution in [-0.4, -0.2) is 84.7 Å². The van der Waals surface area contributed by atoms with Gasteiger partial charge in [-0.25, -0.2) is 9.97 Å². The fourth-order valence-corrected chi connectivity index (χ4v) is 3.89. The number of benzene rings is 1. The van der Waals surface area contributed by atoms with Gasteiger partial charge in [-0.1, -0.05) is 12.1 Å². The molecule has 1 aliphatic heterocycles.